The molecule has 0 saturated heterocycles. The zero-order chi connectivity index (χ0) is 6.85. The second-order valence-electron chi connectivity index (χ2n) is 1.38. The molecular formula is C5H2ClFOS. The van der Waals surface area contributed by atoms with Gasteiger partial charge in [0.25, 0.3) is 5.24 Å². The van der Waals surface area contributed by atoms with Crippen LogP contribution in [0.4, 0.5) is 4.39 Å². The molecule has 9 heavy (non-hydrogen) atoms. The SMILES string of the molecule is O=C(Cl)c1ccsc1F. The molecule has 0 atom stereocenters. The molecule has 0 fully saturated rings. The lowest BCUT2D eigenvalue weighted by molar-refractivity contribution is 0.107. The van der Waals surface area contributed by atoms with Gasteiger partial charge in [-0.2, -0.15) is 4.39 Å². The number of halogens is 2. The van der Waals surface area contributed by atoms with Crippen molar-refractivity contribution in [2.75, 3.05) is 0 Å². The molecular weight excluding hydrogens is 163 g/mol. The highest BCUT2D eigenvalue weighted by Gasteiger charge is 2.08. The van der Waals surface area contributed by atoms with Gasteiger partial charge in [-0.1, -0.05) is 0 Å². The van der Waals surface area contributed by atoms with Gasteiger partial charge in [-0.15, -0.1) is 11.3 Å². The summed E-state index contributed by atoms with van der Waals surface area (Å²) in [6.45, 7) is 0. The van der Waals surface area contributed by atoms with Gasteiger partial charge in [-0.3, -0.25) is 4.79 Å². The van der Waals surface area contributed by atoms with E-state index in [1.165, 1.54) is 11.4 Å². The van der Waals surface area contributed by atoms with Crippen molar-refractivity contribution in [3.8, 4) is 0 Å². The van der Waals surface area contributed by atoms with E-state index >= 15 is 0 Å². The fourth-order valence-electron chi connectivity index (χ4n) is 0.434. The Morgan fingerprint density at radius 2 is 2.44 bits per heavy atom. The highest BCUT2D eigenvalue weighted by atomic mass is 35.5. The second-order valence-corrected chi connectivity index (χ2v) is 2.59. The molecule has 0 aromatic carbocycles. The minimum Gasteiger partial charge on any atom is -0.275 e. The zero-order valence-electron chi connectivity index (χ0n) is 4.23. The monoisotopic (exact) mass is 164 g/mol. The fourth-order valence-corrected chi connectivity index (χ4v) is 1.25. The van der Waals surface area contributed by atoms with Crippen LogP contribution in [0.2, 0.25) is 0 Å². The summed E-state index contributed by atoms with van der Waals surface area (Å²) in [5.74, 6) is 0. The van der Waals surface area contributed by atoms with E-state index in [-0.39, 0.29) is 5.56 Å². The van der Waals surface area contributed by atoms with Crippen molar-refractivity contribution in [3.63, 3.8) is 0 Å². The van der Waals surface area contributed by atoms with Crippen molar-refractivity contribution in [3.05, 3.63) is 22.1 Å². The normalized spacial score (nSPS) is 9.56. The summed E-state index contributed by atoms with van der Waals surface area (Å²) < 4.78 is 12.3. The molecule has 1 aromatic heterocycles. The van der Waals surface area contributed by atoms with Crippen LogP contribution < -0.4 is 0 Å². The van der Waals surface area contributed by atoms with Gasteiger partial charge in [-0.25, -0.2) is 0 Å². The molecule has 4 heteroatoms. The third-order valence-electron chi connectivity index (χ3n) is 0.830. The van der Waals surface area contributed by atoms with Crippen LogP contribution in [0.15, 0.2) is 11.4 Å². The van der Waals surface area contributed by atoms with Crippen LogP contribution in [-0.2, 0) is 0 Å². The summed E-state index contributed by atoms with van der Waals surface area (Å²) in [6.07, 6.45) is 0. The van der Waals surface area contributed by atoms with Crippen LogP contribution >= 0.6 is 22.9 Å². The van der Waals surface area contributed by atoms with Gasteiger partial charge < -0.3 is 0 Å². The van der Waals surface area contributed by atoms with E-state index in [0.29, 0.717) is 0 Å². The van der Waals surface area contributed by atoms with Gasteiger partial charge >= 0.3 is 0 Å². The largest absolute Gasteiger partial charge is 0.275 e. The van der Waals surface area contributed by atoms with Crippen molar-refractivity contribution in [2.24, 2.45) is 0 Å². The Bertz CT molecular complexity index is 233. The van der Waals surface area contributed by atoms with Crippen LogP contribution in [0.1, 0.15) is 10.4 Å². The minimum absolute atomic E-state index is 0.0401. The maximum absolute atomic E-state index is 12.3. The predicted molar refractivity (Wildman–Crippen MR) is 34.5 cm³/mol. The first-order valence-corrected chi connectivity index (χ1v) is 3.40. The highest BCUT2D eigenvalue weighted by molar-refractivity contribution is 7.08. The first-order valence-electron chi connectivity index (χ1n) is 2.14. The van der Waals surface area contributed by atoms with E-state index in [9.17, 15) is 9.18 Å². The first-order chi connectivity index (χ1) is 4.22. The lowest BCUT2D eigenvalue weighted by Crippen LogP contribution is -1.86. The standard InChI is InChI=1S/C5H2ClFOS/c6-4(8)3-1-2-9-5(3)7/h1-2H. The predicted octanol–water partition coefficient (Wildman–Crippen LogP) is 2.27. The summed E-state index contributed by atoms with van der Waals surface area (Å²) in [4.78, 5) is 10.3. The molecule has 1 heterocycles. The van der Waals surface area contributed by atoms with Crippen molar-refractivity contribution in [1.82, 2.24) is 0 Å². The first kappa shape index (κ1) is 6.71. The average Bonchev–Trinajstić information content (AvgIpc) is 2.13. The maximum atomic E-state index is 12.3. The van der Waals surface area contributed by atoms with Crippen LogP contribution in [0.3, 0.4) is 0 Å². The van der Waals surface area contributed by atoms with E-state index in [0.717, 1.165) is 11.3 Å². The van der Waals surface area contributed by atoms with Gasteiger partial charge in [-0.05, 0) is 23.0 Å². The Morgan fingerprint density at radius 1 is 1.78 bits per heavy atom. The van der Waals surface area contributed by atoms with Crippen LogP contribution in [-0.4, -0.2) is 5.24 Å². The van der Waals surface area contributed by atoms with Gasteiger partial charge in [0.15, 0.2) is 5.13 Å². The minimum atomic E-state index is -0.742. The Morgan fingerprint density at radius 3 is 2.67 bits per heavy atom. The lowest BCUT2D eigenvalue weighted by Gasteiger charge is -1.81. The summed E-state index contributed by atoms with van der Waals surface area (Å²) in [5, 5.41) is 0.217. The molecule has 0 unspecified atom stereocenters. The Kier molecular flexibility index (Phi) is 1.83. The molecule has 1 aromatic rings. The molecule has 0 aliphatic carbocycles. The van der Waals surface area contributed by atoms with Gasteiger partial charge in [0, 0.05) is 0 Å². The molecule has 0 amide bonds. The Hall–Kier alpha value is -0.410. The fraction of sp³-hybridized carbons (Fsp3) is 0. The van der Waals surface area contributed by atoms with Crippen molar-refractivity contribution >= 4 is 28.2 Å². The van der Waals surface area contributed by atoms with Crippen molar-refractivity contribution < 1.29 is 9.18 Å². The molecule has 0 saturated carbocycles. The third kappa shape index (κ3) is 1.28. The summed E-state index contributed by atoms with van der Waals surface area (Å²) in [5.41, 5.74) is -0.0401. The van der Waals surface area contributed by atoms with Gasteiger partial charge in [0.2, 0.25) is 0 Å². The van der Waals surface area contributed by atoms with E-state index < -0.39 is 10.4 Å². The van der Waals surface area contributed by atoms with Crippen molar-refractivity contribution in [1.29, 1.82) is 0 Å². The smallest absolute Gasteiger partial charge is 0.256 e. The number of thiophene rings is 1. The number of carbonyl (C=O) groups excluding carboxylic acids is 1. The van der Waals surface area contributed by atoms with Gasteiger partial charge in [0.05, 0.1) is 5.56 Å². The van der Waals surface area contributed by atoms with Crippen LogP contribution in [0, 0.1) is 5.13 Å². The molecule has 0 bridgehead atoms. The molecule has 48 valence electrons. The maximum Gasteiger partial charge on any atom is 0.256 e. The third-order valence-corrected chi connectivity index (χ3v) is 1.73. The summed E-state index contributed by atoms with van der Waals surface area (Å²) >= 11 is 5.84. The van der Waals surface area contributed by atoms with E-state index in [1.807, 2.05) is 0 Å². The molecule has 0 radical (unpaired) electrons. The number of rotatable bonds is 1. The second kappa shape index (κ2) is 2.45. The van der Waals surface area contributed by atoms with Gasteiger partial charge in [0.1, 0.15) is 0 Å². The molecule has 0 spiro atoms. The van der Waals surface area contributed by atoms with Crippen LogP contribution in [0.5, 0.6) is 0 Å². The topological polar surface area (TPSA) is 17.1 Å². The quantitative estimate of drug-likeness (QED) is 0.582. The van der Waals surface area contributed by atoms with E-state index in [2.05, 4.69) is 0 Å². The number of carbonyl (C=O) groups is 1. The lowest BCUT2D eigenvalue weighted by atomic mass is 10.4. The van der Waals surface area contributed by atoms with E-state index in [1.54, 1.807) is 0 Å². The number of hydrogen-bond donors (Lipinski definition) is 0. The molecule has 0 aliphatic rings. The highest BCUT2D eigenvalue weighted by Crippen LogP contribution is 2.15. The molecule has 1 nitrogen and oxygen atoms in total. The van der Waals surface area contributed by atoms with Crippen molar-refractivity contribution in [2.45, 2.75) is 0 Å². The van der Waals surface area contributed by atoms with Crippen LogP contribution in [0.25, 0.3) is 0 Å². The summed E-state index contributed by atoms with van der Waals surface area (Å²) in [6, 6.07) is 1.36. The Labute approximate surface area is 60.1 Å². The summed E-state index contributed by atoms with van der Waals surface area (Å²) in [7, 11) is 0. The average molecular weight is 165 g/mol. The number of hydrogen-bond acceptors (Lipinski definition) is 2. The Balaban J connectivity index is 3.08. The zero-order valence-corrected chi connectivity index (χ0v) is 5.80. The molecule has 1 rings (SSSR count). The molecule has 0 N–H and O–H groups in total. The van der Waals surface area contributed by atoms with E-state index in [4.69, 9.17) is 11.6 Å². The molecule has 0 aliphatic heterocycles.